The Bertz CT molecular complexity index is 402. The number of hydrogen-bond donors (Lipinski definition) is 1. The van der Waals surface area contributed by atoms with Gasteiger partial charge in [0.25, 0.3) is 0 Å². The van der Waals surface area contributed by atoms with E-state index in [0.717, 1.165) is 17.6 Å². The maximum absolute atomic E-state index is 3.57. The van der Waals surface area contributed by atoms with E-state index in [1.807, 2.05) is 0 Å². The summed E-state index contributed by atoms with van der Waals surface area (Å²) in [6.07, 6.45) is 0. The summed E-state index contributed by atoms with van der Waals surface area (Å²) < 4.78 is 1.15. The molecule has 0 bridgehead atoms. The molecule has 0 spiro atoms. The summed E-state index contributed by atoms with van der Waals surface area (Å²) in [4.78, 5) is 2.66. The second-order valence-corrected chi connectivity index (χ2v) is 7.01. The lowest BCUT2D eigenvalue weighted by Gasteiger charge is -2.44. The van der Waals surface area contributed by atoms with E-state index in [2.05, 4.69) is 78.1 Å². The molecule has 0 aliphatic carbocycles. The van der Waals surface area contributed by atoms with Crippen molar-refractivity contribution in [3.8, 4) is 0 Å². The quantitative estimate of drug-likeness (QED) is 0.909. The second kappa shape index (κ2) is 6.38. The number of benzene rings is 1. The minimum absolute atomic E-state index is 0.507. The molecule has 3 atom stereocenters. The lowest BCUT2D eigenvalue weighted by molar-refractivity contribution is 0.0697. The Kier molecular flexibility index (Phi) is 5.04. The molecule has 19 heavy (non-hydrogen) atoms. The molecule has 1 aromatic rings. The molecule has 2 rings (SSSR count). The Balaban J connectivity index is 2.26. The predicted octanol–water partition coefficient (Wildman–Crippen LogP) is 3.83. The molecule has 1 heterocycles. The maximum atomic E-state index is 3.57. The van der Waals surface area contributed by atoms with Crippen molar-refractivity contribution < 1.29 is 0 Å². The average molecular weight is 325 g/mol. The van der Waals surface area contributed by atoms with Crippen molar-refractivity contribution in [1.29, 1.82) is 0 Å². The first-order chi connectivity index (χ1) is 8.99. The van der Waals surface area contributed by atoms with Gasteiger partial charge < -0.3 is 5.32 Å². The Labute approximate surface area is 125 Å². The molecule has 1 unspecified atom stereocenters. The molecule has 0 aromatic heterocycles. The Morgan fingerprint density at radius 3 is 2.42 bits per heavy atom. The highest BCUT2D eigenvalue weighted by Crippen LogP contribution is 2.32. The summed E-state index contributed by atoms with van der Waals surface area (Å²) in [5.74, 6) is 0.619. The highest BCUT2D eigenvalue weighted by Gasteiger charge is 2.31. The minimum Gasteiger partial charge on any atom is -0.311 e. The van der Waals surface area contributed by atoms with Crippen LogP contribution in [-0.2, 0) is 0 Å². The highest BCUT2D eigenvalue weighted by atomic mass is 79.9. The molecule has 106 valence electrons. The van der Waals surface area contributed by atoms with Gasteiger partial charge in [0.05, 0.1) is 0 Å². The van der Waals surface area contributed by atoms with Gasteiger partial charge in [-0.05, 0) is 37.5 Å². The molecule has 1 fully saturated rings. The molecule has 1 aliphatic heterocycles. The summed E-state index contributed by atoms with van der Waals surface area (Å²) >= 11 is 3.53. The van der Waals surface area contributed by atoms with Crippen LogP contribution in [0.4, 0.5) is 0 Å². The van der Waals surface area contributed by atoms with E-state index in [4.69, 9.17) is 0 Å². The minimum atomic E-state index is 0.507. The van der Waals surface area contributed by atoms with Gasteiger partial charge in [0.2, 0.25) is 0 Å². The lowest BCUT2D eigenvalue weighted by atomic mass is 9.92. The summed E-state index contributed by atoms with van der Waals surface area (Å²) in [6, 6.07) is 10.5. The largest absolute Gasteiger partial charge is 0.311 e. The normalized spacial score (nSPS) is 26.6. The first kappa shape index (κ1) is 15.0. The molecular weight excluding hydrogens is 300 g/mol. The van der Waals surface area contributed by atoms with Crippen LogP contribution in [0.25, 0.3) is 0 Å². The molecule has 1 aliphatic rings. The standard InChI is InChI=1S/C16H25BrN2/c1-11(2)16(14-5-7-15(17)8-6-14)19-10-12(3)18-9-13(19)4/h5-8,11-13,16,18H,9-10H2,1-4H3/t12-,13+,16?/m0/s1. The summed E-state index contributed by atoms with van der Waals surface area (Å²) in [5.41, 5.74) is 1.43. The third-order valence-corrected chi connectivity index (χ3v) is 4.54. The van der Waals surface area contributed by atoms with Gasteiger partial charge in [-0.25, -0.2) is 0 Å². The first-order valence-electron chi connectivity index (χ1n) is 7.23. The van der Waals surface area contributed by atoms with Crippen molar-refractivity contribution in [2.24, 2.45) is 5.92 Å². The van der Waals surface area contributed by atoms with Crippen LogP contribution < -0.4 is 5.32 Å². The zero-order valence-electron chi connectivity index (χ0n) is 12.4. The number of rotatable bonds is 3. The van der Waals surface area contributed by atoms with Gasteiger partial charge in [0.1, 0.15) is 0 Å². The summed E-state index contributed by atoms with van der Waals surface area (Å²) in [5, 5.41) is 3.57. The molecule has 0 saturated carbocycles. The van der Waals surface area contributed by atoms with Gasteiger partial charge in [-0.1, -0.05) is 41.9 Å². The van der Waals surface area contributed by atoms with Crippen molar-refractivity contribution in [1.82, 2.24) is 10.2 Å². The van der Waals surface area contributed by atoms with Gasteiger partial charge in [-0.3, -0.25) is 4.90 Å². The fraction of sp³-hybridized carbons (Fsp3) is 0.625. The topological polar surface area (TPSA) is 15.3 Å². The SMILES string of the molecule is CC(C)C(c1ccc(Br)cc1)N1C[C@H](C)NC[C@H]1C. The summed E-state index contributed by atoms with van der Waals surface area (Å²) in [7, 11) is 0. The number of piperazine rings is 1. The first-order valence-corrected chi connectivity index (χ1v) is 8.03. The van der Waals surface area contributed by atoms with Gasteiger partial charge in [-0.2, -0.15) is 0 Å². The lowest BCUT2D eigenvalue weighted by Crippen LogP contribution is -2.55. The van der Waals surface area contributed by atoms with Crippen molar-refractivity contribution >= 4 is 15.9 Å². The summed E-state index contributed by atoms with van der Waals surface area (Å²) in [6.45, 7) is 11.5. The van der Waals surface area contributed by atoms with E-state index in [1.165, 1.54) is 5.56 Å². The fourth-order valence-corrected chi connectivity index (χ4v) is 3.32. The van der Waals surface area contributed by atoms with E-state index < -0.39 is 0 Å². The van der Waals surface area contributed by atoms with Crippen molar-refractivity contribution in [2.45, 2.75) is 45.8 Å². The van der Waals surface area contributed by atoms with Crippen LogP contribution in [-0.4, -0.2) is 30.1 Å². The van der Waals surface area contributed by atoms with E-state index in [-0.39, 0.29) is 0 Å². The van der Waals surface area contributed by atoms with E-state index in [9.17, 15) is 0 Å². The molecule has 2 nitrogen and oxygen atoms in total. The van der Waals surface area contributed by atoms with E-state index >= 15 is 0 Å². The number of hydrogen-bond acceptors (Lipinski definition) is 2. The highest BCUT2D eigenvalue weighted by molar-refractivity contribution is 9.10. The molecule has 0 radical (unpaired) electrons. The van der Waals surface area contributed by atoms with Crippen LogP contribution in [0, 0.1) is 5.92 Å². The monoisotopic (exact) mass is 324 g/mol. The third-order valence-electron chi connectivity index (χ3n) is 4.01. The Morgan fingerprint density at radius 2 is 1.84 bits per heavy atom. The van der Waals surface area contributed by atoms with Gasteiger partial charge >= 0.3 is 0 Å². The van der Waals surface area contributed by atoms with Crippen molar-refractivity contribution in [3.05, 3.63) is 34.3 Å². The third kappa shape index (κ3) is 3.59. The van der Waals surface area contributed by atoms with Crippen molar-refractivity contribution in [3.63, 3.8) is 0 Å². The van der Waals surface area contributed by atoms with Gasteiger partial charge in [0, 0.05) is 35.7 Å². The Hall–Kier alpha value is -0.380. The maximum Gasteiger partial charge on any atom is 0.0375 e. The molecule has 1 saturated heterocycles. The van der Waals surface area contributed by atoms with Crippen LogP contribution in [0.15, 0.2) is 28.7 Å². The zero-order chi connectivity index (χ0) is 14.0. The molecule has 1 N–H and O–H groups in total. The second-order valence-electron chi connectivity index (χ2n) is 6.10. The van der Waals surface area contributed by atoms with Crippen LogP contribution in [0.5, 0.6) is 0 Å². The Morgan fingerprint density at radius 1 is 1.21 bits per heavy atom. The molecule has 0 amide bonds. The molecular formula is C16H25BrN2. The van der Waals surface area contributed by atoms with Gasteiger partial charge in [0.15, 0.2) is 0 Å². The molecule has 1 aromatic carbocycles. The number of halogens is 1. The number of nitrogens with zero attached hydrogens (tertiary/aromatic N) is 1. The van der Waals surface area contributed by atoms with Gasteiger partial charge in [-0.15, -0.1) is 0 Å². The smallest absolute Gasteiger partial charge is 0.0375 e. The van der Waals surface area contributed by atoms with Crippen molar-refractivity contribution in [2.75, 3.05) is 13.1 Å². The van der Waals surface area contributed by atoms with Crippen LogP contribution in [0.2, 0.25) is 0 Å². The average Bonchev–Trinajstić information content (AvgIpc) is 2.36. The molecule has 3 heteroatoms. The fourth-order valence-electron chi connectivity index (χ4n) is 3.06. The van der Waals surface area contributed by atoms with E-state index in [0.29, 0.717) is 24.0 Å². The predicted molar refractivity (Wildman–Crippen MR) is 85.4 cm³/mol. The number of nitrogens with one attached hydrogen (secondary N) is 1. The van der Waals surface area contributed by atoms with Crippen LogP contribution in [0.1, 0.15) is 39.3 Å². The zero-order valence-corrected chi connectivity index (χ0v) is 13.9. The van der Waals surface area contributed by atoms with Crippen LogP contribution >= 0.6 is 15.9 Å². The van der Waals surface area contributed by atoms with Crippen LogP contribution in [0.3, 0.4) is 0 Å². The van der Waals surface area contributed by atoms with E-state index in [1.54, 1.807) is 0 Å².